The standard InChI is InChI=1S/C31H38F2N3O/c1-7-34(8-2)21-13-15-23(26(32)17-21)31-24-16-14-22(35(9-3)10-4)18-29(24)37-30-20-28(36(11-5)12-6)27(33)19-25(30)31/h13-20H,7-12H2,1-6H3/q+1. The quantitative estimate of drug-likeness (QED) is 0.181. The number of hydrogen-bond donors (Lipinski definition) is 0. The van der Waals surface area contributed by atoms with E-state index >= 15 is 8.78 Å². The van der Waals surface area contributed by atoms with Gasteiger partial charge in [-0.05, 0) is 77.9 Å². The molecular formula is C31H38F2N3O+. The van der Waals surface area contributed by atoms with Crippen molar-refractivity contribution in [1.29, 1.82) is 0 Å². The number of rotatable bonds is 9. The molecule has 0 aromatic heterocycles. The van der Waals surface area contributed by atoms with Crippen LogP contribution in [0.1, 0.15) is 41.5 Å². The van der Waals surface area contributed by atoms with E-state index in [4.69, 9.17) is 4.42 Å². The number of anilines is 2. The van der Waals surface area contributed by atoms with Crippen LogP contribution in [-0.2, 0) is 0 Å². The lowest BCUT2D eigenvalue weighted by Crippen LogP contribution is -2.32. The lowest BCUT2D eigenvalue weighted by molar-refractivity contribution is 0.545. The van der Waals surface area contributed by atoms with E-state index in [1.807, 2.05) is 48.8 Å². The van der Waals surface area contributed by atoms with Gasteiger partial charge in [-0.15, -0.1) is 0 Å². The Balaban J connectivity index is 2.09. The first-order chi connectivity index (χ1) is 17.9. The lowest BCUT2D eigenvalue weighted by Gasteiger charge is -2.23. The van der Waals surface area contributed by atoms with Gasteiger partial charge < -0.3 is 14.2 Å². The minimum atomic E-state index is -0.341. The molecule has 6 heteroatoms. The third-order valence-corrected chi connectivity index (χ3v) is 7.36. The molecular weight excluding hydrogens is 468 g/mol. The van der Waals surface area contributed by atoms with Crippen molar-refractivity contribution in [3.63, 3.8) is 0 Å². The first-order valence-electron chi connectivity index (χ1n) is 13.5. The van der Waals surface area contributed by atoms with Crippen molar-refractivity contribution in [1.82, 2.24) is 4.58 Å². The summed E-state index contributed by atoms with van der Waals surface area (Å²) < 4.78 is 39.6. The fourth-order valence-electron chi connectivity index (χ4n) is 5.26. The van der Waals surface area contributed by atoms with E-state index < -0.39 is 0 Å². The number of fused-ring (bicyclic) bond motifs is 2. The molecule has 0 spiro atoms. The number of nitrogens with zero attached hydrogens (tertiary/aromatic N) is 3. The summed E-state index contributed by atoms with van der Waals surface area (Å²) in [7, 11) is 0. The molecule has 1 aliphatic heterocycles. The monoisotopic (exact) mass is 506 g/mol. The highest BCUT2D eigenvalue weighted by Gasteiger charge is 2.24. The first kappa shape index (κ1) is 26.6. The number of halogens is 2. The topological polar surface area (TPSA) is 22.6 Å². The molecule has 0 saturated carbocycles. The van der Waals surface area contributed by atoms with Gasteiger partial charge in [-0.25, -0.2) is 8.97 Å². The first-order valence-corrected chi connectivity index (χ1v) is 13.5. The highest BCUT2D eigenvalue weighted by molar-refractivity contribution is 6.03. The van der Waals surface area contributed by atoms with Crippen LogP contribution in [0, 0.1) is 11.6 Å². The van der Waals surface area contributed by atoms with Gasteiger partial charge in [0.1, 0.15) is 30.3 Å². The van der Waals surface area contributed by atoms with Crippen LogP contribution in [0.25, 0.3) is 33.4 Å². The molecule has 37 heavy (non-hydrogen) atoms. The number of hydrogen-bond acceptors (Lipinski definition) is 3. The van der Waals surface area contributed by atoms with Crippen molar-refractivity contribution in [3.8, 4) is 22.5 Å². The SMILES string of the molecule is CCN(CC)c1ccc(-c2c3cc(F)c(=[N+](CC)CC)cc-3oc3cc(N(CC)CC)ccc23)c(F)c1. The van der Waals surface area contributed by atoms with E-state index in [9.17, 15) is 0 Å². The zero-order valence-electron chi connectivity index (χ0n) is 22.9. The predicted octanol–water partition coefficient (Wildman–Crippen LogP) is 6.99. The van der Waals surface area contributed by atoms with E-state index in [-0.39, 0.29) is 11.6 Å². The van der Waals surface area contributed by atoms with Gasteiger partial charge in [0.05, 0.1) is 6.07 Å². The van der Waals surface area contributed by atoms with Crippen LogP contribution < -0.4 is 19.7 Å². The molecule has 4 rings (SSSR count). The molecule has 2 aliphatic rings. The van der Waals surface area contributed by atoms with Gasteiger partial charge in [0, 0.05) is 65.7 Å². The highest BCUT2D eigenvalue weighted by Crippen LogP contribution is 2.42. The summed E-state index contributed by atoms with van der Waals surface area (Å²) >= 11 is 0. The van der Waals surface area contributed by atoms with E-state index in [0.717, 1.165) is 42.9 Å². The maximum absolute atomic E-state index is 15.8. The molecule has 0 fully saturated rings. The second-order valence-electron chi connectivity index (χ2n) is 9.14. The van der Waals surface area contributed by atoms with E-state index in [1.54, 1.807) is 12.1 Å². The van der Waals surface area contributed by atoms with Gasteiger partial charge >= 0.3 is 0 Å². The maximum atomic E-state index is 15.8. The van der Waals surface area contributed by atoms with Crippen LogP contribution in [0.4, 0.5) is 20.2 Å². The van der Waals surface area contributed by atoms with Crippen molar-refractivity contribution in [2.75, 3.05) is 49.1 Å². The van der Waals surface area contributed by atoms with Crippen LogP contribution in [0.3, 0.4) is 0 Å². The molecule has 2 aromatic rings. The third-order valence-electron chi connectivity index (χ3n) is 7.36. The Bertz CT molecular complexity index is 1430. The van der Waals surface area contributed by atoms with Crippen molar-refractivity contribution in [2.24, 2.45) is 0 Å². The molecule has 4 nitrogen and oxygen atoms in total. The van der Waals surface area contributed by atoms with Crippen molar-refractivity contribution < 1.29 is 13.2 Å². The summed E-state index contributed by atoms with van der Waals surface area (Å²) in [5, 5.41) is 1.25. The largest absolute Gasteiger partial charge is 0.456 e. The molecule has 1 aliphatic carbocycles. The summed E-state index contributed by atoms with van der Waals surface area (Å²) in [5.41, 5.74) is 4.17. The zero-order valence-corrected chi connectivity index (χ0v) is 22.9. The molecule has 1 heterocycles. The molecule has 0 atom stereocenters. The summed E-state index contributed by atoms with van der Waals surface area (Å²) in [5.74, 6) is -0.138. The Morgan fingerprint density at radius 2 is 1.27 bits per heavy atom. The molecule has 0 amide bonds. The molecule has 0 saturated heterocycles. The average molecular weight is 507 g/mol. The Labute approximate surface area is 218 Å². The van der Waals surface area contributed by atoms with Gasteiger partial charge in [0.15, 0.2) is 5.82 Å². The average Bonchev–Trinajstić information content (AvgIpc) is 2.90. The maximum Gasteiger partial charge on any atom is 0.239 e. The lowest BCUT2D eigenvalue weighted by atomic mass is 9.92. The van der Waals surface area contributed by atoms with Crippen LogP contribution >= 0.6 is 0 Å². The highest BCUT2D eigenvalue weighted by atomic mass is 19.1. The van der Waals surface area contributed by atoms with E-state index in [2.05, 4.69) is 37.5 Å². The van der Waals surface area contributed by atoms with Gasteiger partial charge in [-0.2, -0.15) is 4.39 Å². The van der Waals surface area contributed by atoms with E-state index in [0.29, 0.717) is 46.5 Å². The van der Waals surface area contributed by atoms with Crippen LogP contribution in [-0.4, -0.2) is 39.3 Å². The Morgan fingerprint density at radius 3 is 1.84 bits per heavy atom. The van der Waals surface area contributed by atoms with Gasteiger partial charge in [-0.1, -0.05) is 0 Å². The van der Waals surface area contributed by atoms with Crippen LogP contribution in [0.15, 0.2) is 52.9 Å². The molecule has 0 unspecified atom stereocenters. The fourth-order valence-corrected chi connectivity index (χ4v) is 5.26. The van der Waals surface area contributed by atoms with Crippen molar-refractivity contribution >= 4 is 22.3 Å². The van der Waals surface area contributed by atoms with Crippen molar-refractivity contribution in [2.45, 2.75) is 41.5 Å². The van der Waals surface area contributed by atoms with Crippen LogP contribution in [0.5, 0.6) is 0 Å². The van der Waals surface area contributed by atoms with E-state index in [1.165, 1.54) is 6.07 Å². The van der Waals surface area contributed by atoms with Gasteiger partial charge in [0.25, 0.3) is 0 Å². The third kappa shape index (κ3) is 4.94. The summed E-state index contributed by atoms with van der Waals surface area (Å²) in [6, 6.07) is 14.6. The minimum absolute atomic E-state index is 0.334. The van der Waals surface area contributed by atoms with Gasteiger partial charge in [-0.3, -0.25) is 0 Å². The molecule has 0 radical (unpaired) electrons. The fraction of sp³-hybridized carbons (Fsp3) is 0.387. The van der Waals surface area contributed by atoms with Gasteiger partial charge in [0.2, 0.25) is 5.36 Å². The summed E-state index contributed by atoms with van der Waals surface area (Å²) in [4.78, 5) is 4.35. The second kappa shape index (κ2) is 11.3. The Hall–Kier alpha value is -3.41. The van der Waals surface area contributed by atoms with Crippen molar-refractivity contribution in [3.05, 3.63) is 65.5 Å². The Kier molecular flexibility index (Phi) is 8.16. The Morgan fingerprint density at radius 1 is 0.676 bits per heavy atom. The molecule has 2 aromatic carbocycles. The predicted molar refractivity (Wildman–Crippen MR) is 152 cm³/mol. The number of benzene rings is 3. The normalized spacial score (nSPS) is 11.4. The summed E-state index contributed by atoms with van der Waals surface area (Å²) in [6.45, 7) is 17.0. The minimum Gasteiger partial charge on any atom is -0.456 e. The molecule has 0 bridgehead atoms. The second-order valence-corrected chi connectivity index (χ2v) is 9.14. The molecule has 196 valence electrons. The summed E-state index contributed by atoms with van der Waals surface area (Å²) in [6.07, 6.45) is 0. The van der Waals surface area contributed by atoms with Crippen LogP contribution in [0.2, 0.25) is 0 Å². The molecule has 0 N–H and O–H groups in total. The smallest absolute Gasteiger partial charge is 0.239 e. The zero-order chi connectivity index (χ0) is 26.7.